The Morgan fingerprint density at radius 1 is 1.69 bits per heavy atom. The lowest BCUT2D eigenvalue weighted by Crippen LogP contribution is -2.45. The Morgan fingerprint density at radius 2 is 2.31 bits per heavy atom. The first-order valence-electron chi connectivity index (χ1n) is 4.27. The molecule has 4 N–H and O–H groups in total. The Kier molecular flexibility index (Phi) is 6.48. The van der Waals surface area contributed by atoms with Crippen LogP contribution in [0.5, 0.6) is 0 Å². The molecular formula is C8H18N2O3. The van der Waals surface area contributed by atoms with E-state index in [1.54, 1.807) is 14.0 Å². The van der Waals surface area contributed by atoms with Crippen molar-refractivity contribution in [2.75, 3.05) is 20.3 Å². The van der Waals surface area contributed by atoms with Gasteiger partial charge in [0.25, 0.3) is 0 Å². The van der Waals surface area contributed by atoms with Crippen LogP contribution < -0.4 is 11.1 Å². The molecule has 2 unspecified atom stereocenters. The standard InChI is InChI=1S/C8H18N2O3/c1-6(5-11)10-8(12)7(9)3-4-13-2/h6-7,11H,3-5,9H2,1-2H3,(H,10,12). The first kappa shape index (κ1) is 12.3. The van der Waals surface area contributed by atoms with E-state index in [9.17, 15) is 4.79 Å². The van der Waals surface area contributed by atoms with Crippen molar-refractivity contribution >= 4 is 5.91 Å². The monoisotopic (exact) mass is 190 g/mol. The van der Waals surface area contributed by atoms with Gasteiger partial charge in [-0.1, -0.05) is 0 Å². The van der Waals surface area contributed by atoms with Crippen molar-refractivity contribution in [1.29, 1.82) is 0 Å². The van der Waals surface area contributed by atoms with Gasteiger partial charge in [0.15, 0.2) is 0 Å². The number of methoxy groups -OCH3 is 1. The number of nitrogens with one attached hydrogen (secondary N) is 1. The highest BCUT2D eigenvalue weighted by atomic mass is 16.5. The number of aliphatic hydroxyl groups is 1. The third kappa shape index (κ3) is 5.57. The van der Waals surface area contributed by atoms with Crippen LogP contribution in [0.25, 0.3) is 0 Å². The summed E-state index contributed by atoms with van der Waals surface area (Å²) >= 11 is 0. The summed E-state index contributed by atoms with van der Waals surface area (Å²) in [4.78, 5) is 11.2. The number of rotatable bonds is 6. The molecule has 78 valence electrons. The van der Waals surface area contributed by atoms with Gasteiger partial charge in [0.2, 0.25) is 5.91 Å². The second-order valence-corrected chi connectivity index (χ2v) is 2.98. The van der Waals surface area contributed by atoms with E-state index in [-0.39, 0.29) is 18.6 Å². The number of hydrogen-bond donors (Lipinski definition) is 3. The van der Waals surface area contributed by atoms with E-state index in [0.717, 1.165) is 0 Å². The van der Waals surface area contributed by atoms with E-state index in [1.165, 1.54) is 0 Å². The number of amides is 1. The van der Waals surface area contributed by atoms with Crippen LogP contribution in [0.4, 0.5) is 0 Å². The highest BCUT2D eigenvalue weighted by Gasteiger charge is 2.14. The van der Waals surface area contributed by atoms with Crippen LogP contribution >= 0.6 is 0 Å². The summed E-state index contributed by atoms with van der Waals surface area (Å²) in [5.41, 5.74) is 5.53. The lowest BCUT2D eigenvalue weighted by atomic mass is 10.2. The zero-order chi connectivity index (χ0) is 10.3. The van der Waals surface area contributed by atoms with Crippen molar-refractivity contribution < 1.29 is 14.6 Å². The van der Waals surface area contributed by atoms with Crippen LogP contribution in [-0.2, 0) is 9.53 Å². The van der Waals surface area contributed by atoms with Crippen LogP contribution in [0.1, 0.15) is 13.3 Å². The van der Waals surface area contributed by atoms with Gasteiger partial charge in [-0.2, -0.15) is 0 Å². The van der Waals surface area contributed by atoms with Crippen LogP contribution in [-0.4, -0.2) is 43.4 Å². The second-order valence-electron chi connectivity index (χ2n) is 2.98. The number of hydrogen-bond acceptors (Lipinski definition) is 4. The zero-order valence-corrected chi connectivity index (χ0v) is 8.12. The molecule has 5 heteroatoms. The van der Waals surface area contributed by atoms with Gasteiger partial charge in [-0.05, 0) is 13.3 Å². The largest absolute Gasteiger partial charge is 0.394 e. The summed E-state index contributed by atoms with van der Waals surface area (Å²) in [6.45, 7) is 2.09. The topological polar surface area (TPSA) is 84.6 Å². The molecule has 2 atom stereocenters. The van der Waals surface area contributed by atoms with E-state index >= 15 is 0 Å². The van der Waals surface area contributed by atoms with Crippen molar-refractivity contribution in [3.05, 3.63) is 0 Å². The highest BCUT2D eigenvalue weighted by molar-refractivity contribution is 5.81. The molecular weight excluding hydrogens is 172 g/mol. The highest BCUT2D eigenvalue weighted by Crippen LogP contribution is 1.90. The predicted octanol–water partition coefficient (Wildman–Crippen LogP) is -1.15. The molecule has 0 saturated heterocycles. The number of aliphatic hydroxyl groups excluding tert-OH is 1. The van der Waals surface area contributed by atoms with Gasteiger partial charge in [0.1, 0.15) is 0 Å². The summed E-state index contributed by atoms with van der Waals surface area (Å²) in [7, 11) is 1.56. The van der Waals surface area contributed by atoms with Crippen LogP contribution in [0.2, 0.25) is 0 Å². The summed E-state index contributed by atoms with van der Waals surface area (Å²) in [6, 6.07) is -0.810. The maximum absolute atomic E-state index is 11.2. The molecule has 5 nitrogen and oxygen atoms in total. The van der Waals surface area contributed by atoms with Crippen molar-refractivity contribution in [2.45, 2.75) is 25.4 Å². The SMILES string of the molecule is COCCC(N)C(=O)NC(C)CO. The third-order valence-corrected chi connectivity index (χ3v) is 1.63. The fraction of sp³-hybridized carbons (Fsp3) is 0.875. The normalized spacial score (nSPS) is 15.1. The Hall–Kier alpha value is -0.650. The van der Waals surface area contributed by atoms with E-state index in [2.05, 4.69) is 5.32 Å². The molecule has 0 aliphatic rings. The Balaban J connectivity index is 3.68. The lowest BCUT2D eigenvalue weighted by Gasteiger charge is -2.15. The number of ether oxygens (including phenoxy) is 1. The number of nitrogens with two attached hydrogens (primary N) is 1. The van der Waals surface area contributed by atoms with Gasteiger partial charge in [0.05, 0.1) is 12.6 Å². The second kappa shape index (κ2) is 6.82. The van der Waals surface area contributed by atoms with E-state index in [0.29, 0.717) is 13.0 Å². The van der Waals surface area contributed by atoms with Gasteiger partial charge >= 0.3 is 0 Å². The molecule has 0 radical (unpaired) electrons. The van der Waals surface area contributed by atoms with Crippen molar-refractivity contribution in [3.8, 4) is 0 Å². The van der Waals surface area contributed by atoms with E-state index in [4.69, 9.17) is 15.6 Å². The van der Waals surface area contributed by atoms with Crippen LogP contribution in [0, 0.1) is 0 Å². The summed E-state index contributed by atoms with van der Waals surface area (Å²) in [6.07, 6.45) is 0.487. The van der Waals surface area contributed by atoms with Gasteiger partial charge < -0.3 is 20.9 Å². The minimum atomic E-state index is -0.561. The molecule has 1 amide bonds. The summed E-state index contributed by atoms with van der Waals surface area (Å²) in [5.74, 6) is -0.251. The predicted molar refractivity (Wildman–Crippen MR) is 49.2 cm³/mol. The first-order chi connectivity index (χ1) is 6.11. The van der Waals surface area contributed by atoms with Crippen molar-refractivity contribution in [2.24, 2.45) is 5.73 Å². The lowest BCUT2D eigenvalue weighted by molar-refractivity contribution is -0.123. The quantitative estimate of drug-likeness (QED) is 0.493. The van der Waals surface area contributed by atoms with E-state index < -0.39 is 6.04 Å². The molecule has 0 saturated carbocycles. The molecule has 13 heavy (non-hydrogen) atoms. The fourth-order valence-corrected chi connectivity index (χ4v) is 0.771. The van der Waals surface area contributed by atoms with Crippen LogP contribution in [0.15, 0.2) is 0 Å². The molecule has 0 rings (SSSR count). The van der Waals surface area contributed by atoms with E-state index in [1.807, 2.05) is 0 Å². The van der Waals surface area contributed by atoms with Gasteiger partial charge in [0, 0.05) is 19.8 Å². The fourth-order valence-electron chi connectivity index (χ4n) is 0.771. The number of carbonyl (C=O) groups is 1. The molecule has 0 aromatic heterocycles. The van der Waals surface area contributed by atoms with Gasteiger partial charge in [-0.3, -0.25) is 4.79 Å². The first-order valence-corrected chi connectivity index (χ1v) is 4.27. The summed E-state index contributed by atoms with van der Waals surface area (Å²) < 4.78 is 4.78. The smallest absolute Gasteiger partial charge is 0.237 e. The Morgan fingerprint density at radius 3 is 2.77 bits per heavy atom. The molecule has 0 heterocycles. The molecule has 0 fully saturated rings. The average Bonchev–Trinajstić information content (AvgIpc) is 2.13. The van der Waals surface area contributed by atoms with Crippen molar-refractivity contribution in [3.63, 3.8) is 0 Å². The minimum Gasteiger partial charge on any atom is -0.394 e. The minimum absolute atomic E-state index is 0.0806. The molecule has 0 aliphatic heterocycles. The van der Waals surface area contributed by atoms with Gasteiger partial charge in [-0.15, -0.1) is 0 Å². The number of carbonyl (C=O) groups excluding carboxylic acids is 1. The molecule has 0 spiro atoms. The van der Waals surface area contributed by atoms with Crippen LogP contribution in [0.3, 0.4) is 0 Å². The molecule has 0 aromatic rings. The van der Waals surface area contributed by atoms with Gasteiger partial charge in [-0.25, -0.2) is 0 Å². The van der Waals surface area contributed by atoms with Crippen molar-refractivity contribution in [1.82, 2.24) is 5.32 Å². The average molecular weight is 190 g/mol. The zero-order valence-electron chi connectivity index (χ0n) is 8.12. The maximum atomic E-state index is 11.2. The maximum Gasteiger partial charge on any atom is 0.237 e. The third-order valence-electron chi connectivity index (χ3n) is 1.63. The Labute approximate surface area is 78.3 Å². The Bertz CT molecular complexity index is 152. The molecule has 0 aromatic carbocycles. The summed E-state index contributed by atoms with van der Waals surface area (Å²) in [5, 5.41) is 11.2. The molecule has 0 aliphatic carbocycles. The molecule has 0 bridgehead atoms.